The zero-order chi connectivity index (χ0) is 15.2. The van der Waals surface area contributed by atoms with Crippen molar-refractivity contribution in [3.8, 4) is 0 Å². The van der Waals surface area contributed by atoms with E-state index in [1.165, 1.54) is 7.11 Å². The third-order valence-corrected chi connectivity index (χ3v) is 3.70. The molecule has 21 heavy (non-hydrogen) atoms. The van der Waals surface area contributed by atoms with Gasteiger partial charge in [-0.25, -0.2) is 0 Å². The number of benzene rings is 1. The molecule has 0 amide bonds. The topological polar surface area (TPSA) is 43.4 Å². The van der Waals surface area contributed by atoms with E-state index in [-0.39, 0.29) is 11.8 Å². The maximum atomic E-state index is 12.3. The predicted molar refractivity (Wildman–Crippen MR) is 82.6 cm³/mol. The summed E-state index contributed by atoms with van der Waals surface area (Å²) in [6.45, 7) is 2.06. The molecule has 0 bridgehead atoms. The van der Waals surface area contributed by atoms with E-state index in [1.807, 2.05) is 36.4 Å². The number of carbonyl (C=O) groups is 2. The fourth-order valence-electron chi connectivity index (χ4n) is 2.70. The number of ether oxygens (including phenoxy) is 1. The van der Waals surface area contributed by atoms with E-state index in [0.717, 1.165) is 28.7 Å². The van der Waals surface area contributed by atoms with Gasteiger partial charge in [-0.3, -0.25) is 9.59 Å². The van der Waals surface area contributed by atoms with Crippen molar-refractivity contribution < 1.29 is 14.3 Å². The number of hydrogen-bond acceptors (Lipinski definition) is 3. The van der Waals surface area contributed by atoms with E-state index in [9.17, 15) is 9.59 Å². The SMILES string of the molecule is CCC1=C(c2ccccc2)C(=O)C/C1=C\CCC(=O)OC. The average molecular weight is 284 g/mol. The first-order valence-electron chi connectivity index (χ1n) is 7.25. The van der Waals surface area contributed by atoms with Crippen molar-refractivity contribution in [2.75, 3.05) is 7.11 Å². The fraction of sp³-hybridized carbons (Fsp3) is 0.333. The van der Waals surface area contributed by atoms with Gasteiger partial charge in [-0.15, -0.1) is 0 Å². The summed E-state index contributed by atoms with van der Waals surface area (Å²) < 4.78 is 4.63. The van der Waals surface area contributed by atoms with Crippen LogP contribution in [0.3, 0.4) is 0 Å². The van der Waals surface area contributed by atoms with Gasteiger partial charge >= 0.3 is 5.97 Å². The van der Waals surface area contributed by atoms with Gasteiger partial charge in [-0.1, -0.05) is 43.3 Å². The molecular formula is C18H20O3. The molecule has 0 spiro atoms. The van der Waals surface area contributed by atoms with Crippen molar-refractivity contribution in [2.45, 2.75) is 32.6 Å². The number of carbonyl (C=O) groups excluding carboxylic acids is 2. The van der Waals surface area contributed by atoms with Gasteiger partial charge in [0.1, 0.15) is 0 Å². The quantitative estimate of drug-likeness (QED) is 0.774. The van der Waals surface area contributed by atoms with Crippen LogP contribution in [-0.2, 0) is 14.3 Å². The first kappa shape index (κ1) is 15.2. The highest BCUT2D eigenvalue weighted by atomic mass is 16.5. The molecule has 0 N–H and O–H groups in total. The zero-order valence-electron chi connectivity index (χ0n) is 12.5. The Bertz CT molecular complexity index is 594. The largest absolute Gasteiger partial charge is 0.469 e. The molecule has 0 radical (unpaired) electrons. The highest BCUT2D eigenvalue weighted by molar-refractivity contribution is 6.26. The van der Waals surface area contributed by atoms with Crippen LogP contribution in [0.4, 0.5) is 0 Å². The zero-order valence-corrected chi connectivity index (χ0v) is 12.5. The number of rotatable bonds is 5. The summed E-state index contributed by atoms with van der Waals surface area (Å²) in [7, 11) is 1.39. The Hall–Kier alpha value is -2.16. The van der Waals surface area contributed by atoms with Crippen LogP contribution >= 0.6 is 0 Å². The number of hydrogen-bond donors (Lipinski definition) is 0. The molecule has 2 rings (SSSR count). The van der Waals surface area contributed by atoms with Crippen LogP contribution in [-0.4, -0.2) is 18.9 Å². The van der Waals surface area contributed by atoms with E-state index < -0.39 is 0 Å². The average Bonchev–Trinajstić information content (AvgIpc) is 2.83. The molecule has 110 valence electrons. The highest BCUT2D eigenvalue weighted by Gasteiger charge is 2.26. The molecule has 0 atom stereocenters. The molecule has 1 aliphatic rings. The summed E-state index contributed by atoms with van der Waals surface area (Å²) >= 11 is 0. The maximum absolute atomic E-state index is 12.3. The summed E-state index contributed by atoms with van der Waals surface area (Å²) in [4.78, 5) is 23.5. The second-order valence-electron chi connectivity index (χ2n) is 5.02. The predicted octanol–water partition coefficient (Wildman–Crippen LogP) is 3.70. The van der Waals surface area contributed by atoms with E-state index in [4.69, 9.17) is 0 Å². The maximum Gasteiger partial charge on any atom is 0.305 e. The van der Waals surface area contributed by atoms with E-state index in [2.05, 4.69) is 11.7 Å². The van der Waals surface area contributed by atoms with E-state index >= 15 is 0 Å². The lowest BCUT2D eigenvalue weighted by Crippen LogP contribution is -1.98. The standard InChI is InChI=1S/C18H20O3/c1-3-15-14(10-7-11-17(20)21-2)12-16(19)18(15)13-8-5-4-6-9-13/h4-6,8-10H,3,7,11-12H2,1-2H3/b14-10+. The smallest absolute Gasteiger partial charge is 0.305 e. The molecule has 0 aliphatic heterocycles. The molecule has 0 aromatic heterocycles. The van der Waals surface area contributed by atoms with Crippen LogP contribution < -0.4 is 0 Å². The van der Waals surface area contributed by atoms with Crippen LogP contribution in [0.2, 0.25) is 0 Å². The van der Waals surface area contributed by atoms with Gasteiger partial charge in [0.05, 0.1) is 7.11 Å². The number of Topliss-reactive ketones (excluding diaryl/α,β-unsaturated/α-hetero) is 1. The normalized spacial score (nSPS) is 16.7. The van der Waals surface area contributed by atoms with Crippen molar-refractivity contribution in [3.63, 3.8) is 0 Å². The van der Waals surface area contributed by atoms with Crippen LogP contribution in [0.1, 0.15) is 38.2 Å². The third kappa shape index (κ3) is 3.48. The Balaban J connectivity index is 2.26. The summed E-state index contributed by atoms with van der Waals surface area (Å²) in [6, 6.07) is 9.78. The van der Waals surface area contributed by atoms with Gasteiger partial charge in [0.25, 0.3) is 0 Å². The molecule has 3 heteroatoms. The molecule has 1 aromatic carbocycles. The summed E-state index contributed by atoms with van der Waals surface area (Å²) in [5.74, 6) is -0.0520. The lowest BCUT2D eigenvalue weighted by atomic mass is 9.98. The van der Waals surface area contributed by atoms with Crippen molar-refractivity contribution in [1.29, 1.82) is 0 Å². The fourth-order valence-corrected chi connectivity index (χ4v) is 2.70. The van der Waals surface area contributed by atoms with E-state index in [1.54, 1.807) is 0 Å². The van der Waals surface area contributed by atoms with Gasteiger partial charge in [-0.2, -0.15) is 0 Å². The minimum atomic E-state index is -0.221. The van der Waals surface area contributed by atoms with Gasteiger partial charge < -0.3 is 4.74 Å². The summed E-state index contributed by atoms with van der Waals surface area (Å²) in [6.07, 6.45) is 4.23. The highest BCUT2D eigenvalue weighted by Crippen LogP contribution is 2.37. The molecule has 0 unspecified atom stereocenters. The molecule has 0 saturated carbocycles. The first-order valence-corrected chi connectivity index (χ1v) is 7.25. The molecular weight excluding hydrogens is 264 g/mol. The summed E-state index contributed by atoms with van der Waals surface area (Å²) in [5.41, 5.74) is 3.99. The first-order chi connectivity index (χ1) is 10.2. The molecule has 1 aliphatic carbocycles. The molecule has 0 fully saturated rings. The van der Waals surface area contributed by atoms with Crippen molar-refractivity contribution in [3.05, 3.63) is 53.1 Å². The van der Waals surface area contributed by atoms with Crippen molar-refractivity contribution >= 4 is 17.3 Å². The van der Waals surface area contributed by atoms with E-state index in [0.29, 0.717) is 19.3 Å². The number of esters is 1. The Morgan fingerprint density at radius 1 is 1.29 bits per heavy atom. The second-order valence-corrected chi connectivity index (χ2v) is 5.02. The molecule has 0 heterocycles. The van der Waals surface area contributed by atoms with Crippen LogP contribution in [0, 0.1) is 0 Å². The third-order valence-electron chi connectivity index (χ3n) is 3.70. The lowest BCUT2D eigenvalue weighted by molar-refractivity contribution is -0.140. The van der Waals surface area contributed by atoms with Crippen molar-refractivity contribution in [1.82, 2.24) is 0 Å². The van der Waals surface area contributed by atoms with Crippen LogP contribution in [0.15, 0.2) is 47.6 Å². The van der Waals surface area contributed by atoms with Crippen LogP contribution in [0.5, 0.6) is 0 Å². The number of methoxy groups -OCH3 is 1. The van der Waals surface area contributed by atoms with Crippen molar-refractivity contribution in [2.24, 2.45) is 0 Å². The Labute approximate surface area is 125 Å². The van der Waals surface area contributed by atoms with Crippen LogP contribution in [0.25, 0.3) is 5.57 Å². The Kier molecular flexibility index (Phi) is 5.09. The Morgan fingerprint density at radius 3 is 2.62 bits per heavy atom. The molecule has 0 saturated heterocycles. The molecule has 1 aromatic rings. The monoisotopic (exact) mass is 284 g/mol. The number of ketones is 1. The number of allylic oxidation sites excluding steroid dienone is 4. The second kappa shape index (κ2) is 7.02. The Morgan fingerprint density at radius 2 is 2.00 bits per heavy atom. The lowest BCUT2D eigenvalue weighted by Gasteiger charge is -2.05. The summed E-state index contributed by atoms with van der Waals surface area (Å²) in [5, 5.41) is 0. The minimum Gasteiger partial charge on any atom is -0.469 e. The van der Waals surface area contributed by atoms with Gasteiger partial charge in [0.2, 0.25) is 0 Å². The van der Waals surface area contributed by atoms with Gasteiger partial charge in [0.15, 0.2) is 5.78 Å². The van der Waals surface area contributed by atoms with Gasteiger partial charge in [0, 0.05) is 18.4 Å². The minimum absolute atomic E-state index is 0.169. The molecule has 3 nitrogen and oxygen atoms in total. The van der Waals surface area contributed by atoms with Gasteiger partial charge in [-0.05, 0) is 29.6 Å².